The summed E-state index contributed by atoms with van der Waals surface area (Å²) >= 11 is 0. The van der Waals surface area contributed by atoms with Crippen LogP contribution in [0, 0.1) is 0 Å². The first-order valence-electron chi connectivity index (χ1n) is 8.22. The molecule has 3 aromatic rings. The first-order chi connectivity index (χ1) is 12.0. The minimum Gasteiger partial charge on any atom is -0.370 e. The Morgan fingerprint density at radius 3 is 2.76 bits per heavy atom. The zero-order chi connectivity index (χ0) is 17.4. The lowest BCUT2D eigenvalue weighted by Crippen LogP contribution is -2.34. The topological polar surface area (TPSA) is 44.8 Å². The number of piperidine rings is 1. The lowest BCUT2D eigenvalue weighted by molar-refractivity contribution is -0.137. The number of fused-ring (bicyclic) bond motifs is 1. The summed E-state index contributed by atoms with van der Waals surface area (Å²) in [6.45, 7) is 1.66. The number of H-pyrrole nitrogens is 1. The van der Waals surface area contributed by atoms with Crippen LogP contribution in [0.5, 0.6) is 0 Å². The molecule has 4 nitrogen and oxygen atoms in total. The molecule has 25 heavy (non-hydrogen) atoms. The summed E-state index contributed by atoms with van der Waals surface area (Å²) in [5, 5.41) is 0.746. The molecule has 4 rings (SSSR count). The highest BCUT2D eigenvalue weighted by Gasteiger charge is 2.31. The Kier molecular flexibility index (Phi) is 3.86. The van der Waals surface area contributed by atoms with E-state index in [9.17, 15) is 13.2 Å². The van der Waals surface area contributed by atoms with E-state index in [-0.39, 0.29) is 0 Å². The van der Waals surface area contributed by atoms with Crippen LogP contribution in [0.15, 0.2) is 42.9 Å². The number of nitrogens with one attached hydrogen (secondary N) is 1. The summed E-state index contributed by atoms with van der Waals surface area (Å²) in [4.78, 5) is 13.9. The number of benzene rings is 1. The van der Waals surface area contributed by atoms with Crippen molar-refractivity contribution in [2.45, 2.75) is 24.9 Å². The number of imidazole rings is 1. The average molecular weight is 346 g/mol. The lowest BCUT2D eigenvalue weighted by atomic mass is 9.96. The van der Waals surface area contributed by atoms with Crippen molar-refractivity contribution >= 4 is 16.6 Å². The fraction of sp³-hybridized carbons (Fsp3) is 0.333. The molecule has 130 valence electrons. The summed E-state index contributed by atoms with van der Waals surface area (Å²) in [7, 11) is 0. The van der Waals surface area contributed by atoms with Crippen LogP contribution < -0.4 is 4.90 Å². The normalized spacial score (nSPS) is 18.7. The van der Waals surface area contributed by atoms with Crippen LogP contribution in [0.4, 0.5) is 18.9 Å². The maximum Gasteiger partial charge on any atom is 0.416 e. The molecule has 0 amide bonds. The predicted octanol–water partition coefficient (Wildman–Crippen LogP) is 4.36. The van der Waals surface area contributed by atoms with E-state index in [1.54, 1.807) is 12.4 Å². The predicted molar refractivity (Wildman–Crippen MR) is 89.5 cm³/mol. The van der Waals surface area contributed by atoms with Crippen molar-refractivity contribution in [1.29, 1.82) is 0 Å². The van der Waals surface area contributed by atoms with Gasteiger partial charge >= 0.3 is 6.18 Å². The van der Waals surface area contributed by atoms with E-state index in [4.69, 9.17) is 0 Å². The van der Waals surface area contributed by atoms with Gasteiger partial charge in [0.05, 0.1) is 11.1 Å². The van der Waals surface area contributed by atoms with Gasteiger partial charge < -0.3 is 9.88 Å². The quantitative estimate of drug-likeness (QED) is 0.750. The molecule has 0 spiro atoms. The number of anilines is 1. The molecule has 1 atom stereocenters. The van der Waals surface area contributed by atoms with E-state index in [2.05, 4.69) is 19.9 Å². The second-order valence-corrected chi connectivity index (χ2v) is 6.32. The number of rotatable bonds is 2. The number of aromatic nitrogens is 3. The van der Waals surface area contributed by atoms with Gasteiger partial charge in [-0.3, -0.25) is 4.98 Å². The molecule has 0 saturated carbocycles. The van der Waals surface area contributed by atoms with Crippen molar-refractivity contribution in [2.24, 2.45) is 0 Å². The molecule has 3 heterocycles. The zero-order valence-corrected chi connectivity index (χ0v) is 13.4. The monoisotopic (exact) mass is 346 g/mol. The molecular formula is C18H17F3N4. The van der Waals surface area contributed by atoms with Gasteiger partial charge in [0.1, 0.15) is 5.82 Å². The van der Waals surface area contributed by atoms with Gasteiger partial charge in [-0.2, -0.15) is 13.2 Å². The smallest absolute Gasteiger partial charge is 0.370 e. The average Bonchev–Trinajstić information content (AvgIpc) is 3.15. The van der Waals surface area contributed by atoms with Crippen LogP contribution in [0.2, 0.25) is 0 Å². The third-order valence-corrected chi connectivity index (χ3v) is 4.72. The van der Waals surface area contributed by atoms with Crippen molar-refractivity contribution in [1.82, 2.24) is 15.0 Å². The number of pyridine rings is 1. The van der Waals surface area contributed by atoms with E-state index in [0.717, 1.165) is 55.0 Å². The van der Waals surface area contributed by atoms with Crippen LogP contribution in [-0.2, 0) is 6.18 Å². The van der Waals surface area contributed by atoms with Crippen LogP contribution in [-0.4, -0.2) is 28.0 Å². The van der Waals surface area contributed by atoms with E-state index in [0.29, 0.717) is 11.4 Å². The summed E-state index contributed by atoms with van der Waals surface area (Å²) in [5.41, 5.74) is 0.624. The van der Waals surface area contributed by atoms with Crippen LogP contribution in [0.3, 0.4) is 0 Å². The SMILES string of the molecule is FC(F)(F)c1ccc2c(N3CCCC(c4ncc[nH]4)C3)ccnc2c1. The molecule has 0 aliphatic carbocycles. The fourth-order valence-electron chi connectivity index (χ4n) is 3.50. The van der Waals surface area contributed by atoms with Crippen LogP contribution in [0.25, 0.3) is 10.9 Å². The van der Waals surface area contributed by atoms with E-state index >= 15 is 0 Å². The third-order valence-electron chi connectivity index (χ3n) is 4.72. The molecule has 0 bridgehead atoms. The molecule has 1 aliphatic heterocycles. The van der Waals surface area contributed by atoms with Gasteiger partial charge in [0.25, 0.3) is 0 Å². The maximum atomic E-state index is 12.9. The molecule has 1 fully saturated rings. The molecular weight excluding hydrogens is 329 g/mol. The Morgan fingerprint density at radius 2 is 2.00 bits per heavy atom. The van der Waals surface area contributed by atoms with E-state index in [1.165, 1.54) is 6.07 Å². The van der Waals surface area contributed by atoms with Crippen molar-refractivity contribution in [3.63, 3.8) is 0 Å². The standard InChI is InChI=1S/C18H17F3N4/c19-18(20,21)13-3-4-14-15(10-13)22-6-5-16(14)25-9-1-2-12(11-25)17-23-7-8-24-17/h3-8,10,12H,1-2,9,11H2,(H,23,24). The van der Waals surface area contributed by atoms with Gasteiger partial charge in [-0.25, -0.2) is 4.98 Å². The summed E-state index contributed by atoms with van der Waals surface area (Å²) in [6.07, 6.45) is 2.83. The van der Waals surface area contributed by atoms with Gasteiger partial charge in [-0.05, 0) is 31.0 Å². The number of hydrogen-bond acceptors (Lipinski definition) is 3. The van der Waals surface area contributed by atoms with Gasteiger partial charge in [-0.1, -0.05) is 6.07 Å². The lowest BCUT2D eigenvalue weighted by Gasteiger charge is -2.34. The van der Waals surface area contributed by atoms with Crippen molar-refractivity contribution in [3.05, 3.63) is 54.2 Å². The summed E-state index contributed by atoms with van der Waals surface area (Å²) in [5.74, 6) is 1.25. The van der Waals surface area contributed by atoms with Crippen molar-refractivity contribution in [3.8, 4) is 0 Å². The highest BCUT2D eigenvalue weighted by molar-refractivity contribution is 5.92. The van der Waals surface area contributed by atoms with Gasteiger partial charge in [0.2, 0.25) is 0 Å². The van der Waals surface area contributed by atoms with Crippen LogP contribution >= 0.6 is 0 Å². The zero-order valence-electron chi connectivity index (χ0n) is 13.4. The Bertz CT molecular complexity index is 874. The first kappa shape index (κ1) is 15.9. The molecule has 2 aromatic heterocycles. The molecule has 1 aromatic carbocycles. The highest BCUT2D eigenvalue weighted by Crippen LogP contribution is 2.35. The summed E-state index contributed by atoms with van der Waals surface area (Å²) in [6, 6.07) is 5.64. The number of halogens is 3. The maximum absolute atomic E-state index is 12.9. The number of nitrogens with zero attached hydrogens (tertiary/aromatic N) is 3. The minimum atomic E-state index is -4.36. The Hall–Kier alpha value is -2.57. The number of alkyl halides is 3. The molecule has 0 radical (unpaired) electrons. The Balaban J connectivity index is 1.69. The minimum absolute atomic E-state index is 0.293. The van der Waals surface area contributed by atoms with Crippen molar-refractivity contribution < 1.29 is 13.2 Å². The second kappa shape index (κ2) is 6.06. The largest absolute Gasteiger partial charge is 0.416 e. The second-order valence-electron chi connectivity index (χ2n) is 6.32. The van der Waals surface area contributed by atoms with Crippen molar-refractivity contribution in [2.75, 3.05) is 18.0 Å². The van der Waals surface area contributed by atoms with Gasteiger partial charge in [0, 0.05) is 48.7 Å². The third kappa shape index (κ3) is 3.06. The molecule has 1 saturated heterocycles. The van der Waals surface area contributed by atoms with E-state index < -0.39 is 11.7 Å². The van der Waals surface area contributed by atoms with E-state index in [1.807, 2.05) is 12.3 Å². The highest BCUT2D eigenvalue weighted by atomic mass is 19.4. The Labute approximate surface area is 142 Å². The van der Waals surface area contributed by atoms with Gasteiger partial charge in [0.15, 0.2) is 0 Å². The number of aromatic amines is 1. The number of hydrogen-bond donors (Lipinski definition) is 1. The fourth-order valence-corrected chi connectivity index (χ4v) is 3.50. The van der Waals surface area contributed by atoms with Crippen LogP contribution in [0.1, 0.15) is 30.1 Å². The Morgan fingerprint density at radius 1 is 1.12 bits per heavy atom. The molecule has 1 aliphatic rings. The summed E-state index contributed by atoms with van der Waals surface area (Å²) < 4.78 is 38.8. The molecule has 1 N–H and O–H groups in total. The molecule has 1 unspecified atom stereocenters. The van der Waals surface area contributed by atoms with Gasteiger partial charge in [-0.15, -0.1) is 0 Å². The molecule has 7 heteroatoms. The first-order valence-corrected chi connectivity index (χ1v) is 8.22.